The first-order valence-electron chi connectivity index (χ1n) is 14.4. The third-order valence-corrected chi connectivity index (χ3v) is 6.77. The minimum absolute atomic E-state index is 0. The van der Waals surface area contributed by atoms with Gasteiger partial charge in [0.15, 0.2) is 0 Å². The summed E-state index contributed by atoms with van der Waals surface area (Å²) in [5.74, 6) is -3.25. The van der Waals surface area contributed by atoms with Crippen LogP contribution in [0.5, 0.6) is 0 Å². The standard InChI is InChI=1S/2C12H8N2.2C5H4N2O4.2H2O.Y/c2*1-3-9-5-6-10-4-2-8-14-12(10)11(9)13-7-1;2*8-3-2(4(9)10)1-6-5(11)7-3;;;/h2*1-8H;2*1H,(H,9,10)(H2,6,7,8,11);2*1H2;/p-2. The summed E-state index contributed by atoms with van der Waals surface area (Å²) in [5, 5.41) is 24.7. The SMILES string of the molecule is O.O.O=C([O-])c1c[nH]c(=O)[nH]c1=O.O=C([O-])c1c[nH]c(=O)[nH]c1=O.[Y].c1cnc2c(c1)ccc1cccnc12.c1cnc2c(c1)ccc1cccnc12. The zero-order valence-electron chi connectivity index (χ0n) is 27.0. The quantitative estimate of drug-likeness (QED) is 0.150. The topological polar surface area (TPSA) is 326 Å². The van der Waals surface area contributed by atoms with E-state index in [2.05, 4.69) is 68.5 Å². The Labute approximate surface area is 320 Å². The molecule has 8 aromatic rings. The van der Waals surface area contributed by atoms with Gasteiger partial charge in [0.2, 0.25) is 0 Å². The number of carboxylic acid groups (broad SMARTS) is 2. The Morgan fingerprint density at radius 1 is 0.472 bits per heavy atom. The van der Waals surface area contributed by atoms with E-state index in [1.165, 1.54) is 0 Å². The number of benzene rings is 2. The fraction of sp³-hybridized carbons (Fsp3) is 0. The summed E-state index contributed by atoms with van der Waals surface area (Å²) >= 11 is 0. The molecular weight excluding hydrogens is 769 g/mol. The van der Waals surface area contributed by atoms with Gasteiger partial charge >= 0.3 is 11.4 Å². The number of nitrogens with zero attached hydrogens (tertiary/aromatic N) is 4. The third kappa shape index (κ3) is 10.7. The number of aromatic nitrogens is 8. The maximum absolute atomic E-state index is 10.6. The number of pyridine rings is 4. The molecule has 0 aliphatic carbocycles. The van der Waals surface area contributed by atoms with Crippen LogP contribution in [-0.2, 0) is 32.7 Å². The largest absolute Gasteiger partial charge is 0.545 e. The van der Waals surface area contributed by atoms with Crippen molar-refractivity contribution in [2.45, 2.75) is 0 Å². The molecule has 0 unspecified atom stereocenters. The molecule has 0 fully saturated rings. The number of fused-ring (bicyclic) bond motifs is 6. The maximum Gasteiger partial charge on any atom is 0.325 e. The van der Waals surface area contributed by atoms with Gasteiger partial charge in [-0.2, -0.15) is 0 Å². The van der Waals surface area contributed by atoms with Crippen LogP contribution in [0.2, 0.25) is 0 Å². The van der Waals surface area contributed by atoms with Crippen molar-refractivity contribution in [1.82, 2.24) is 39.9 Å². The van der Waals surface area contributed by atoms with Crippen LogP contribution in [0.1, 0.15) is 20.7 Å². The summed E-state index contributed by atoms with van der Waals surface area (Å²) in [7, 11) is 0. The van der Waals surface area contributed by atoms with Crippen molar-refractivity contribution < 1.29 is 63.5 Å². The van der Waals surface area contributed by atoms with Gasteiger partial charge in [0, 0.05) is 91.4 Å². The molecule has 18 nitrogen and oxygen atoms in total. The maximum atomic E-state index is 10.6. The first kappa shape index (κ1) is 42.6. The first-order valence-corrected chi connectivity index (χ1v) is 14.4. The van der Waals surface area contributed by atoms with Crippen LogP contribution in [0.15, 0.2) is 129 Å². The summed E-state index contributed by atoms with van der Waals surface area (Å²) in [5.41, 5.74) is -0.705. The van der Waals surface area contributed by atoms with Gasteiger partial charge in [-0.15, -0.1) is 0 Å². The fourth-order valence-corrected chi connectivity index (χ4v) is 4.48. The smallest absolute Gasteiger partial charge is 0.325 e. The van der Waals surface area contributed by atoms with Gasteiger partial charge in [0.1, 0.15) is 0 Å². The van der Waals surface area contributed by atoms with Crippen molar-refractivity contribution >= 4 is 55.6 Å². The van der Waals surface area contributed by atoms with Crippen molar-refractivity contribution in [3.63, 3.8) is 0 Å². The molecule has 267 valence electrons. The molecule has 19 heteroatoms. The normalized spacial score (nSPS) is 9.66. The second-order valence-electron chi connectivity index (χ2n) is 9.98. The van der Waals surface area contributed by atoms with E-state index in [1.807, 2.05) is 34.2 Å². The molecule has 6 heterocycles. The third-order valence-electron chi connectivity index (χ3n) is 6.77. The molecule has 0 spiro atoms. The van der Waals surface area contributed by atoms with Gasteiger partial charge < -0.3 is 40.7 Å². The van der Waals surface area contributed by atoms with Crippen LogP contribution >= 0.6 is 0 Å². The summed E-state index contributed by atoms with van der Waals surface area (Å²) in [6.45, 7) is 0. The van der Waals surface area contributed by atoms with E-state index >= 15 is 0 Å². The van der Waals surface area contributed by atoms with E-state index in [9.17, 15) is 39.0 Å². The van der Waals surface area contributed by atoms with E-state index in [-0.39, 0.29) is 43.7 Å². The molecule has 0 atom stereocenters. The van der Waals surface area contributed by atoms with Crippen LogP contribution in [-0.4, -0.2) is 62.8 Å². The van der Waals surface area contributed by atoms with Crippen molar-refractivity contribution in [3.05, 3.63) is 163 Å². The number of carboxylic acids is 2. The van der Waals surface area contributed by atoms with Crippen molar-refractivity contribution in [2.75, 3.05) is 0 Å². The fourth-order valence-electron chi connectivity index (χ4n) is 4.48. The summed E-state index contributed by atoms with van der Waals surface area (Å²) in [6.07, 6.45) is 8.78. The Morgan fingerprint density at radius 3 is 0.962 bits per heavy atom. The molecule has 6 aromatic heterocycles. The van der Waals surface area contributed by atoms with E-state index in [0.29, 0.717) is 0 Å². The Hall–Kier alpha value is -6.60. The predicted molar refractivity (Wildman–Crippen MR) is 185 cm³/mol. The molecule has 8 rings (SSSR count). The molecule has 1 radical (unpaired) electrons. The Kier molecular flexibility index (Phi) is 15.8. The molecule has 0 amide bonds. The number of aromatic amines is 4. The molecule has 8 N–H and O–H groups in total. The van der Waals surface area contributed by atoms with Crippen molar-refractivity contribution in [1.29, 1.82) is 0 Å². The molecule has 0 aliphatic rings. The Bertz CT molecular complexity index is 2450. The second kappa shape index (κ2) is 19.7. The van der Waals surface area contributed by atoms with Crippen LogP contribution in [0.25, 0.3) is 43.6 Å². The van der Waals surface area contributed by atoms with Gasteiger partial charge in [-0.3, -0.25) is 39.5 Å². The molecular formula is C34H26N8O10Y-2. The first-order chi connectivity index (χ1) is 24.1. The van der Waals surface area contributed by atoms with Gasteiger partial charge in [-0.05, 0) is 24.3 Å². The number of aromatic carboxylic acids is 2. The number of nitrogens with one attached hydrogen (secondary N) is 4. The van der Waals surface area contributed by atoms with Gasteiger partial charge in [-0.25, -0.2) is 9.59 Å². The number of H-pyrrole nitrogens is 4. The minimum atomic E-state index is -1.62. The number of rotatable bonds is 2. The Morgan fingerprint density at radius 2 is 0.736 bits per heavy atom. The number of carbonyl (C=O) groups excluding carboxylic acids is 2. The van der Waals surface area contributed by atoms with Crippen LogP contribution in [0.3, 0.4) is 0 Å². The molecule has 0 saturated heterocycles. The zero-order valence-corrected chi connectivity index (χ0v) is 29.9. The van der Waals surface area contributed by atoms with E-state index < -0.39 is 45.6 Å². The Balaban J connectivity index is 0.000000242. The number of carbonyl (C=O) groups is 2. The molecule has 2 aromatic carbocycles. The number of hydrogen-bond acceptors (Lipinski definition) is 12. The summed E-state index contributed by atoms with van der Waals surface area (Å²) in [4.78, 5) is 86.8. The number of hydrogen-bond donors (Lipinski definition) is 4. The van der Waals surface area contributed by atoms with E-state index in [1.54, 1.807) is 34.8 Å². The zero-order chi connectivity index (χ0) is 35.6. The second-order valence-corrected chi connectivity index (χ2v) is 9.98. The van der Waals surface area contributed by atoms with Crippen molar-refractivity contribution in [3.8, 4) is 0 Å². The van der Waals surface area contributed by atoms with E-state index in [0.717, 1.165) is 56.0 Å². The van der Waals surface area contributed by atoms with Crippen LogP contribution in [0.4, 0.5) is 0 Å². The van der Waals surface area contributed by atoms with E-state index in [4.69, 9.17) is 0 Å². The average Bonchev–Trinajstić information content (AvgIpc) is 3.12. The predicted octanol–water partition coefficient (Wildman–Crippen LogP) is -1.23. The summed E-state index contributed by atoms with van der Waals surface area (Å²) in [6, 6.07) is 24.3. The van der Waals surface area contributed by atoms with Gasteiger partial charge in [0.05, 0.1) is 45.1 Å². The molecule has 0 saturated carbocycles. The van der Waals surface area contributed by atoms with Crippen LogP contribution in [0, 0.1) is 0 Å². The van der Waals surface area contributed by atoms with Crippen LogP contribution < -0.4 is 32.7 Å². The molecule has 0 bridgehead atoms. The molecule has 0 aliphatic heterocycles. The van der Waals surface area contributed by atoms with Gasteiger partial charge in [-0.1, -0.05) is 48.5 Å². The van der Waals surface area contributed by atoms with Gasteiger partial charge in [0.25, 0.3) is 11.1 Å². The summed E-state index contributed by atoms with van der Waals surface area (Å²) < 4.78 is 0. The monoisotopic (exact) mass is 795 g/mol. The molecule has 53 heavy (non-hydrogen) atoms. The van der Waals surface area contributed by atoms with Crippen molar-refractivity contribution in [2.24, 2.45) is 0 Å². The average molecular weight is 796 g/mol. The minimum Gasteiger partial charge on any atom is -0.545 e.